The number of aliphatic imine (C=N–C) groups is 1. The van der Waals surface area contributed by atoms with E-state index in [1.54, 1.807) is 33.1 Å². The van der Waals surface area contributed by atoms with E-state index < -0.39 is 0 Å². The SMILES string of the molecule is COc1cc(C2ON=C3C2SC(=Nc2ccc(C)cc2)N3c2ccc(C)cc2)cc(OC)c1OC. The van der Waals surface area contributed by atoms with Crippen LogP contribution in [0.1, 0.15) is 22.8 Å². The maximum Gasteiger partial charge on any atom is 0.203 e. The molecule has 3 aromatic rings. The largest absolute Gasteiger partial charge is 0.493 e. The highest BCUT2D eigenvalue weighted by molar-refractivity contribution is 8.16. The summed E-state index contributed by atoms with van der Waals surface area (Å²) in [4.78, 5) is 13.0. The Morgan fingerprint density at radius 3 is 2.03 bits per heavy atom. The first-order chi connectivity index (χ1) is 17.0. The van der Waals surface area contributed by atoms with E-state index >= 15 is 0 Å². The van der Waals surface area contributed by atoms with Gasteiger partial charge in [-0.3, -0.25) is 4.90 Å². The molecule has 0 aliphatic carbocycles. The third kappa shape index (κ3) is 4.30. The lowest BCUT2D eigenvalue weighted by atomic mass is 10.0. The minimum absolute atomic E-state index is 0.0942. The molecule has 8 heteroatoms. The average molecular weight is 490 g/mol. The van der Waals surface area contributed by atoms with Crippen molar-refractivity contribution in [3.05, 3.63) is 77.4 Å². The van der Waals surface area contributed by atoms with Crippen LogP contribution in [0.15, 0.2) is 70.8 Å². The van der Waals surface area contributed by atoms with Gasteiger partial charge in [0, 0.05) is 11.3 Å². The Balaban J connectivity index is 1.55. The maximum atomic E-state index is 5.99. The van der Waals surface area contributed by atoms with E-state index in [0.717, 1.165) is 27.9 Å². The number of aryl methyl sites for hydroxylation is 2. The summed E-state index contributed by atoms with van der Waals surface area (Å²) < 4.78 is 16.6. The second-order valence-electron chi connectivity index (χ2n) is 8.37. The van der Waals surface area contributed by atoms with Gasteiger partial charge < -0.3 is 19.0 Å². The summed E-state index contributed by atoms with van der Waals surface area (Å²) in [7, 11) is 4.80. The van der Waals surface area contributed by atoms with E-state index in [1.807, 2.05) is 24.3 Å². The zero-order valence-electron chi connectivity index (χ0n) is 20.3. The number of ether oxygens (including phenoxy) is 3. The molecule has 0 spiro atoms. The monoisotopic (exact) mass is 489 g/mol. The average Bonchev–Trinajstić information content (AvgIpc) is 3.44. The van der Waals surface area contributed by atoms with Gasteiger partial charge in [0.25, 0.3) is 0 Å². The molecule has 35 heavy (non-hydrogen) atoms. The fraction of sp³-hybridized carbons (Fsp3) is 0.259. The van der Waals surface area contributed by atoms with Crippen LogP contribution in [0, 0.1) is 13.8 Å². The molecule has 2 atom stereocenters. The molecule has 0 radical (unpaired) electrons. The lowest BCUT2D eigenvalue weighted by Crippen LogP contribution is -2.31. The number of thioether (sulfide) groups is 1. The van der Waals surface area contributed by atoms with E-state index in [4.69, 9.17) is 24.0 Å². The zero-order chi connectivity index (χ0) is 24.5. The van der Waals surface area contributed by atoms with E-state index in [1.165, 1.54) is 11.1 Å². The Kier molecular flexibility index (Phi) is 6.30. The lowest BCUT2D eigenvalue weighted by molar-refractivity contribution is 0.0880. The van der Waals surface area contributed by atoms with Crippen LogP contribution in [0.2, 0.25) is 0 Å². The fourth-order valence-corrected chi connectivity index (χ4v) is 5.42. The fourth-order valence-electron chi connectivity index (χ4n) is 4.14. The molecule has 5 rings (SSSR count). The minimum atomic E-state index is -0.345. The molecule has 1 fully saturated rings. The Hall–Kier alpha value is -3.65. The number of amidine groups is 2. The normalized spacial score (nSPS) is 19.9. The van der Waals surface area contributed by atoms with Crippen molar-refractivity contribution in [2.75, 3.05) is 26.2 Å². The molecule has 3 aromatic carbocycles. The van der Waals surface area contributed by atoms with Crippen LogP contribution in [0.5, 0.6) is 17.2 Å². The molecule has 2 unspecified atom stereocenters. The molecule has 0 saturated carbocycles. The Morgan fingerprint density at radius 1 is 0.857 bits per heavy atom. The molecule has 2 aliphatic rings. The number of oxime groups is 1. The highest BCUT2D eigenvalue weighted by Crippen LogP contribution is 2.48. The van der Waals surface area contributed by atoms with Crippen LogP contribution in [0.4, 0.5) is 11.4 Å². The number of hydrogen-bond acceptors (Lipinski definition) is 7. The first kappa shape index (κ1) is 23.1. The van der Waals surface area contributed by atoms with Crippen molar-refractivity contribution in [3.8, 4) is 17.2 Å². The summed E-state index contributed by atoms with van der Waals surface area (Å²) >= 11 is 1.63. The van der Waals surface area contributed by atoms with Crippen molar-refractivity contribution < 1.29 is 19.0 Å². The molecule has 0 aromatic heterocycles. The number of fused-ring (bicyclic) bond motifs is 1. The number of nitrogens with zero attached hydrogens (tertiary/aromatic N) is 3. The van der Waals surface area contributed by atoms with Crippen LogP contribution in [-0.4, -0.2) is 37.6 Å². The summed E-state index contributed by atoms with van der Waals surface area (Å²) in [5, 5.41) is 5.28. The molecule has 7 nitrogen and oxygen atoms in total. The summed E-state index contributed by atoms with van der Waals surface area (Å²) in [6.07, 6.45) is -0.345. The highest BCUT2D eigenvalue weighted by atomic mass is 32.2. The molecule has 0 bridgehead atoms. The van der Waals surface area contributed by atoms with Crippen molar-refractivity contribution >= 4 is 34.1 Å². The lowest BCUT2D eigenvalue weighted by Gasteiger charge is -2.18. The number of rotatable bonds is 6. The van der Waals surface area contributed by atoms with Gasteiger partial charge in [0.05, 0.1) is 27.0 Å². The van der Waals surface area contributed by atoms with E-state index in [9.17, 15) is 0 Å². The van der Waals surface area contributed by atoms with Gasteiger partial charge in [-0.25, -0.2) is 4.99 Å². The van der Waals surface area contributed by atoms with Crippen molar-refractivity contribution in [2.45, 2.75) is 25.2 Å². The minimum Gasteiger partial charge on any atom is -0.493 e. The van der Waals surface area contributed by atoms with Crippen LogP contribution in [0.3, 0.4) is 0 Å². The number of methoxy groups -OCH3 is 3. The van der Waals surface area contributed by atoms with Gasteiger partial charge in [-0.15, -0.1) is 0 Å². The van der Waals surface area contributed by atoms with Gasteiger partial charge in [0.2, 0.25) is 5.75 Å². The summed E-state index contributed by atoms with van der Waals surface area (Å²) in [6, 6.07) is 20.3. The third-order valence-electron chi connectivity index (χ3n) is 6.01. The molecular formula is C27H27N3O4S. The number of benzene rings is 3. The van der Waals surface area contributed by atoms with Crippen molar-refractivity contribution in [3.63, 3.8) is 0 Å². The molecule has 2 aliphatic heterocycles. The third-order valence-corrected chi connectivity index (χ3v) is 7.21. The second-order valence-corrected chi connectivity index (χ2v) is 9.48. The van der Waals surface area contributed by atoms with Crippen molar-refractivity contribution in [1.29, 1.82) is 0 Å². The Morgan fingerprint density at radius 2 is 1.46 bits per heavy atom. The molecule has 1 saturated heterocycles. The second kappa shape index (κ2) is 9.54. The number of anilines is 1. The Labute approximate surface area is 209 Å². The zero-order valence-corrected chi connectivity index (χ0v) is 21.1. The van der Waals surface area contributed by atoms with Gasteiger partial charge in [0.1, 0.15) is 5.25 Å². The first-order valence-corrected chi connectivity index (χ1v) is 12.1. The molecular weight excluding hydrogens is 462 g/mol. The van der Waals surface area contributed by atoms with E-state index in [2.05, 4.69) is 60.3 Å². The highest BCUT2D eigenvalue weighted by Gasteiger charge is 2.48. The molecule has 0 N–H and O–H groups in total. The van der Waals surface area contributed by atoms with Gasteiger partial charge >= 0.3 is 0 Å². The summed E-state index contributed by atoms with van der Waals surface area (Å²) in [5.74, 6) is 2.50. The van der Waals surface area contributed by atoms with Crippen molar-refractivity contribution in [1.82, 2.24) is 0 Å². The molecule has 0 amide bonds. The summed E-state index contributed by atoms with van der Waals surface area (Å²) in [6.45, 7) is 4.14. The van der Waals surface area contributed by atoms with Gasteiger partial charge in [0.15, 0.2) is 28.6 Å². The van der Waals surface area contributed by atoms with Crippen LogP contribution in [-0.2, 0) is 4.84 Å². The van der Waals surface area contributed by atoms with Crippen molar-refractivity contribution in [2.24, 2.45) is 10.1 Å². The van der Waals surface area contributed by atoms with Gasteiger partial charge in [-0.1, -0.05) is 52.3 Å². The Bertz CT molecular complexity index is 1260. The number of hydrogen-bond donors (Lipinski definition) is 0. The molecule has 180 valence electrons. The molecule has 2 heterocycles. The first-order valence-electron chi connectivity index (χ1n) is 11.2. The quantitative estimate of drug-likeness (QED) is 0.422. The smallest absolute Gasteiger partial charge is 0.203 e. The maximum absolute atomic E-state index is 5.99. The standard InChI is InChI=1S/C27H27N3O4S/c1-16-6-10-19(11-7-16)28-27-30(20-12-8-17(2)9-13-20)26-25(35-27)23(34-29-26)18-14-21(31-3)24(33-5)22(15-18)32-4/h6-15,23,25H,1-5H3. The van der Waals surface area contributed by atoms with E-state index in [-0.39, 0.29) is 11.4 Å². The predicted molar refractivity (Wildman–Crippen MR) is 141 cm³/mol. The van der Waals surface area contributed by atoms with Crippen LogP contribution < -0.4 is 19.1 Å². The topological polar surface area (TPSA) is 64.9 Å². The van der Waals surface area contributed by atoms with Gasteiger partial charge in [-0.2, -0.15) is 0 Å². The van der Waals surface area contributed by atoms with Crippen LogP contribution >= 0.6 is 11.8 Å². The van der Waals surface area contributed by atoms with E-state index in [0.29, 0.717) is 17.2 Å². The predicted octanol–water partition coefficient (Wildman–Crippen LogP) is 6.02. The van der Waals surface area contributed by atoms with Crippen LogP contribution in [0.25, 0.3) is 0 Å². The summed E-state index contributed by atoms with van der Waals surface area (Å²) in [5.41, 5.74) is 5.15. The van der Waals surface area contributed by atoms with Gasteiger partial charge in [-0.05, 0) is 50.2 Å².